The van der Waals surface area contributed by atoms with Gasteiger partial charge in [-0.15, -0.1) is 0 Å². The zero-order chi connectivity index (χ0) is 14.7. The van der Waals surface area contributed by atoms with Gasteiger partial charge in [0.1, 0.15) is 0 Å². The summed E-state index contributed by atoms with van der Waals surface area (Å²) in [6, 6.07) is 11.7. The fourth-order valence-electron chi connectivity index (χ4n) is 3.27. The van der Waals surface area contributed by atoms with Crippen molar-refractivity contribution in [2.75, 3.05) is 13.1 Å². The average Bonchev–Trinajstić information content (AvgIpc) is 3.38. The fourth-order valence-corrected chi connectivity index (χ4v) is 3.27. The first-order valence-electron chi connectivity index (χ1n) is 8.37. The lowest BCUT2D eigenvalue weighted by Gasteiger charge is -2.34. The first-order chi connectivity index (χ1) is 10.3. The Kier molecular flexibility index (Phi) is 4.59. The summed E-state index contributed by atoms with van der Waals surface area (Å²) in [6.07, 6.45) is 5.50. The monoisotopic (exact) mass is 286 g/mol. The number of benzene rings is 1. The van der Waals surface area contributed by atoms with E-state index in [1.807, 2.05) is 0 Å². The predicted octanol–water partition coefficient (Wildman–Crippen LogP) is 3.13. The third-order valence-electron chi connectivity index (χ3n) is 4.78. The number of hydrogen-bond donors (Lipinski definition) is 1. The standard InChI is InChI=1S/C18H26N2O/c1-2-17(14-6-4-3-5-7-14)19-16-10-12-20(13-11-16)18(21)15-8-9-15/h3-7,15-17,19H,2,8-13H2,1H3. The van der Waals surface area contributed by atoms with Crippen molar-refractivity contribution in [3.8, 4) is 0 Å². The molecule has 0 bridgehead atoms. The highest BCUT2D eigenvalue weighted by atomic mass is 16.2. The molecule has 21 heavy (non-hydrogen) atoms. The molecule has 1 heterocycles. The Morgan fingerprint density at radius 3 is 2.43 bits per heavy atom. The van der Waals surface area contributed by atoms with Crippen LogP contribution in [-0.4, -0.2) is 29.9 Å². The molecule has 1 aliphatic heterocycles. The summed E-state index contributed by atoms with van der Waals surface area (Å²) in [5.74, 6) is 0.769. The van der Waals surface area contributed by atoms with Crippen LogP contribution in [0.2, 0.25) is 0 Å². The molecule has 2 fully saturated rings. The van der Waals surface area contributed by atoms with Gasteiger partial charge in [0.2, 0.25) is 5.91 Å². The summed E-state index contributed by atoms with van der Waals surface area (Å²) >= 11 is 0. The quantitative estimate of drug-likeness (QED) is 0.902. The molecule has 3 heteroatoms. The van der Waals surface area contributed by atoms with E-state index in [2.05, 4.69) is 47.5 Å². The van der Waals surface area contributed by atoms with Crippen molar-refractivity contribution in [1.29, 1.82) is 0 Å². The number of nitrogens with zero attached hydrogens (tertiary/aromatic N) is 1. The molecule has 114 valence electrons. The van der Waals surface area contributed by atoms with Crippen LogP contribution in [0.5, 0.6) is 0 Å². The molecule has 1 amide bonds. The normalized spacial score (nSPS) is 21.3. The minimum atomic E-state index is 0.363. The summed E-state index contributed by atoms with van der Waals surface area (Å²) in [4.78, 5) is 14.2. The van der Waals surface area contributed by atoms with Gasteiger partial charge in [0.25, 0.3) is 0 Å². The molecule has 0 aromatic heterocycles. The maximum Gasteiger partial charge on any atom is 0.225 e. The second-order valence-corrected chi connectivity index (χ2v) is 6.41. The van der Waals surface area contributed by atoms with E-state index in [-0.39, 0.29) is 0 Å². The second-order valence-electron chi connectivity index (χ2n) is 6.41. The average molecular weight is 286 g/mol. The van der Waals surface area contributed by atoms with Gasteiger partial charge in [0, 0.05) is 31.1 Å². The lowest BCUT2D eigenvalue weighted by atomic mass is 9.99. The molecule has 0 spiro atoms. The molecule has 1 N–H and O–H groups in total. The molecule has 1 saturated heterocycles. The van der Waals surface area contributed by atoms with Crippen LogP contribution < -0.4 is 5.32 Å². The van der Waals surface area contributed by atoms with Crippen molar-refractivity contribution in [3.05, 3.63) is 35.9 Å². The smallest absolute Gasteiger partial charge is 0.225 e. The van der Waals surface area contributed by atoms with Crippen LogP contribution in [0.4, 0.5) is 0 Å². The molecule has 3 rings (SSSR count). The minimum Gasteiger partial charge on any atom is -0.342 e. The van der Waals surface area contributed by atoms with E-state index >= 15 is 0 Å². The SMILES string of the molecule is CCC(NC1CCN(C(=O)C2CC2)CC1)c1ccccc1. The lowest BCUT2D eigenvalue weighted by molar-refractivity contribution is -0.133. The number of piperidine rings is 1. The number of hydrogen-bond acceptors (Lipinski definition) is 2. The van der Waals surface area contributed by atoms with Crippen molar-refractivity contribution in [3.63, 3.8) is 0 Å². The molecule has 1 saturated carbocycles. The fraction of sp³-hybridized carbons (Fsp3) is 0.611. The van der Waals surface area contributed by atoms with Gasteiger partial charge in [-0.3, -0.25) is 4.79 Å². The number of likely N-dealkylation sites (tertiary alicyclic amines) is 1. The largest absolute Gasteiger partial charge is 0.342 e. The molecule has 0 radical (unpaired) electrons. The predicted molar refractivity (Wildman–Crippen MR) is 84.9 cm³/mol. The molecule has 1 aliphatic carbocycles. The van der Waals surface area contributed by atoms with Gasteiger partial charge in [-0.2, -0.15) is 0 Å². The van der Waals surface area contributed by atoms with Gasteiger partial charge in [0.15, 0.2) is 0 Å². The molecular weight excluding hydrogens is 260 g/mol. The zero-order valence-electron chi connectivity index (χ0n) is 12.9. The first kappa shape index (κ1) is 14.6. The zero-order valence-corrected chi connectivity index (χ0v) is 12.9. The van der Waals surface area contributed by atoms with E-state index in [1.54, 1.807) is 0 Å². The maximum atomic E-state index is 12.1. The van der Waals surface area contributed by atoms with Gasteiger partial charge in [-0.25, -0.2) is 0 Å². The number of rotatable bonds is 5. The van der Waals surface area contributed by atoms with Crippen molar-refractivity contribution in [2.24, 2.45) is 5.92 Å². The Hall–Kier alpha value is -1.35. The topological polar surface area (TPSA) is 32.3 Å². The van der Waals surface area contributed by atoms with E-state index in [9.17, 15) is 4.79 Å². The van der Waals surface area contributed by atoms with E-state index in [0.717, 1.165) is 45.2 Å². The van der Waals surface area contributed by atoms with Crippen LogP contribution in [0.25, 0.3) is 0 Å². The van der Waals surface area contributed by atoms with Crippen LogP contribution in [0.15, 0.2) is 30.3 Å². The highest BCUT2D eigenvalue weighted by Gasteiger charge is 2.35. The lowest BCUT2D eigenvalue weighted by Crippen LogP contribution is -2.46. The molecular formula is C18H26N2O. The first-order valence-corrected chi connectivity index (χ1v) is 8.37. The molecule has 1 atom stereocenters. The summed E-state index contributed by atoms with van der Waals surface area (Å²) in [5, 5.41) is 3.79. The maximum absolute atomic E-state index is 12.1. The Labute approximate surface area is 127 Å². The van der Waals surface area contributed by atoms with Crippen LogP contribution in [-0.2, 0) is 4.79 Å². The molecule has 3 nitrogen and oxygen atoms in total. The molecule has 1 aromatic carbocycles. The summed E-state index contributed by atoms with van der Waals surface area (Å²) in [7, 11) is 0. The van der Waals surface area contributed by atoms with Gasteiger partial charge in [-0.05, 0) is 37.7 Å². The van der Waals surface area contributed by atoms with Crippen LogP contribution >= 0.6 is 0 Å². The third-order valence-corrected chi connectivity index (χ3v) is 4.78. The minimum absolute atomic E-state index is 0.363. The highest BCUT2D eigenvalue weighted by Crippen LogP contribution is 2.32. The Morgan fingerprint density at radius 1 is 1.19 bits per heavy atom. The highest BCUT2D eigenvalue weighted by molar-refractivity contribution is 5.81. The number of amides is 1. The number of carbonyl (C=O) groups excluding carboxylic acids is 1. The van der Waals surface area contributed by atoms with E-state index in [1.165, 1.54) is 5.56 Å². The van der Waals surface area contributed by atoms with Crippen LogP contribution in [0.1, 0.15) is 50.6 Å². The van der Waals surface area contributed by atoms with Gasteiger partial charge >= 0.3 is 0 Å². The molecule has 1 unspecified atom stereocenters. The van der Waals surface area contributed by atoms with Gasteiger partial charge in [-0.1, -0.05) is 37.3 Å². The summed E-state index contributed by atoms with van der Waals surface area (Å²) in [5.41, 5.74) is 1.37. The van der Waals surface area contributed by atoms with Crippen LogP contribution in [0, 0.1) is 5.92 Å². The van der Waals surface area contributed by atoms with E-state index in [0.29, 0.717) is 23.9 Å². The van der Waals surface area contributed by atoms with Crippen LogP contribution in [0.3, 0.4) is 0 Å². The Balaban J connectivity index is 1.51. The summed E-state index contributed by atoms with van der Waals surface area (Å²) < 4.78 is 0. The molecule has 2 aliphatic rings. The Bertz CT molecular complexity index is 461. The summed E-state index contributed by atoms with van der Waals surface area (Å²) in [6.45, 7) is 4.09. The van der Waals surface area contributed by atoms with Gasteiger partial charge < -0.3 is 10.2 Å². The van der Waals surface area contributed by atoms with Gasteiger partial charge in [0.05, 0.1) is 0 Å². The van der Waals surface area contributed by atoms with Crippen molar-refractivity contribution < 1.29 is 4.79 Å². The molecule has 1 aromatic rings. The number of nitrogens with one attached hydrogen (secondary N) is 1. The van der Waals surface area contributed by atoms with Crippen molar-refractivity contribution in [2.45, 2.75) is 51.1 Å². The van der Waals surface area contributed by atoms with E-state index < -0.39 is 0 Å². The third kappa shape index (κ3) is 3.65. The van der Waals surface area contributed by atoms with Crippen molar-refractivity contribution >= 4 is 5.91 Å². The van der Waals surface area contributed by atoms with Crippen molar-refractivity contribution in [1.82, 2.24) is 10.2 Å². The number of carbonyl (C=O) groups is 1. The second kappa shape index (κ2) is 6.61. The Morgan fingerprint density at radius 2 is 1.86 bits per heavy atom. The van der Waals surface area contributed by atoms with E-state index in [4.69, 9.17) is 0 Å².